The summed E-state index contributed by atoms with van der Waals surface area (Å²) >= 11 is 0. The van der Waals surface area contributed by atoms with E-state index in [-0.39, 0.29) is 17.7 Å². The van der Waals surface area contributed by atoms with Crippen LogP contribution >= 0.6 is 0 Å². The van der Waals surface area contributed by atoms with E-state index in [9.17, 15) is 9.59 Å². The van der Waals surface area contributed by atoms with Gasteiger partial charge in [-0.1, -0.05) is 30.3 Å². The van der Waals surface area contributed by atoms with E-state index in [1.165, 1.54) is 0 Å². The van der Waals surface area contributed by atoms with Gasteiger partial charge in [0.05, 0.1) is 17.7 Å². The number of amides is 2. The summed E-state index contributed by atoms with van der Waals surface area (Å²) in [4.78, 5) is 29.5. The van der Waals surface area contributed by atoms with Crippen molar-refractivity contribution in [3.8, 4) is 0 Å². The summed E-state index contributed by atoms with van der Waals surface area (Å²) in [6.07, 6.45) is 7.16. The van der Waals surface area contributed by atoms with Crippen LogP contribution in [-0.2, 0) is 11.3 Å². The molecule has 2 saturated heterocycles. The van der Waals surface area contributed by atoms with E-state index in [1.54, 1.807) is 12.4 Å². The van der Waals surface area contributed by atoms with Crippen LogP contribution in [0.15, 0.2) is 42.7 Å². The second kappa shape index (κ2) is 9.22. The van der Waals surface area contributed by atoms with Crippen LogP contribution in [0.5, 0.6) is 0 Å². The van der Waals surface area contributed by atoms with Crippen molar-refractivity contribution in [1.29, 1.82) is 0 Å². The Balaban J connectivity index is 1.25. The minimum atomic E-state index is 0.0500. The van der Waals surface area contributed by atoms with Crippen molar-refractivity contribution < 1.29 is 9.59 Å². The molecule has 0 saturated carbocycles. The van der Waals surface area contributed by atoms with Gasteiger partial charge in [0.2, 0.25) is 5.91 Å². The number of hydrogen-bond donors (Lipinski definition) is 2. The lowest BCUT2D eigenvalue weighted by Crippen LogP contribution is -2.51. The summed E-state index contributed by atoms with van der Waals surface area (Å²) in [6, 6.07) is 10.5. The van der Waals surface area contributed by atoms with Crippen LogP contribution in [0.25, 0.3) is 0 Å². The predicted octanol–water partition coefficient (Wildman–Crippen LogP) is 2.04. The number of carbonyl (C=O) groups excluding carboxylic acids is 2. The molecule has 1 unspecified atom stereocenters. The molecule has 0 radical (unpaired) electrons. The first-order valence-corrected chi connectivity index (χ1v) is 10.5. The zero-order chi connectivity index (χ0) is 20.1. The van der Waals surface area contributed by atoms with Crippen molar-refractivity contribution >= 4 is 11.8 Å². The molecule has 4 rings (SSSR count). The average Bonchev–Trinajstić information content (AvgIpc) is 3.33. The number of aromatic amines is 1. The molecule has 2 N–H and O–H groups in total. The molecule has 2 fully saturated rings. The van der Waals surface area contributed by atoms with E-state index >= 15 is 0 Å². The highest BCUT2D eigenvalue weighted by Gasteiger charge is 2.32. The highest BCUT2D eigenvalue weighted by Crippen LogP contribution is 2.24. The van der Waals surface area contributed by atoms with Gasteiger partial charge in [0, 0.05) is 38.4 Å². The summed E-state index contributed by atoms with van der Waals surface area (Å²) in [7, 11) is 0. The first kappa shape index (κ1) is 19.6. The number of likely N-dealkylation sites (tertiary alicyclic amines) is 2. The van der Waals surface area contributed by atoms with E-state index in [2.05, 4.69) is 20.4 Å². The van der Waals surface area contributed by atoms with E-state index in [1.807, 2.05) is 35.2 Å². The number of benzene rings is 1. The molecule has 154 valence electrons. The molecule has 7 heteroatoms. The Morgan fingerprint density at radius 3 is 2.62 bits per heavy atom. The molecule has 29 heavy (non-hydrogen) atoms. The maximum Gasteiger partial charge on any atom is 0.257 e. The zero-order valence-corrected chi connectivity index (χ0v) is 16.7. The fourth-order valence-electron chi connectivity index (χ4n) is 4.47. The van der Waals surface area contributed by atoms with Gasteiger partial charge in [0.25, 0.3) is 5.91 Å². The first-order valence-electron chi connectivity index (χ1n) is 10.5. The van der Waals surface area contributed by atoms with Crippen LogP contribution < -0.4 is 5.32 Å². The van der Waals surface area contributed by atoms with Gasteiger partial charge in [0.1, 0.15) is 0 Å². The minimum Gasteiger partial charge on any atom is -0.352 e. The number of hydrogen-bond acceptors (Lipinski definition) is 4. The highest BCUT2D eigenvalue weighted by atomic mass is 16.2. The summed E-state index contributed by atoms with van der Waals surface area (Å²) in [5.74, 6) is 0.262. The van der Waals surface area contributed by atoms with Crippen molar-refractivity contribution in [3.63, 3.8) is 0 Å². The third-order valence-electron chi connectivity index (χ3n) is 6.15. The van der Waals surface area contributed by atoms with Crippen LogP contribution in [-0.4, -0.2) is 64.0 Å². The number of nitrogens with zero attached hydrogens (tertiary/aromatic N) is 3. The Morgan fingerprint density at radius 2 is 1.90 bits per heavy atom. The maximum atomic E-state index is 12.7. The molecule has 7 nitrogen and oxygen atoms in total. The molecule has 2 aromatic rings. The van der Waals surface area contributed by atoms with E-state index in [0.29, 0.717) is 18.2 Å². The van der Waals surface area contributed by atoms with Gasteiger partial charge in [-0.15, -0.1) is 0 Å². The standard InChI is InChI=1S/C22H29N5O2/c28-21(23-13-17-5-2-1-3-6-17)18-7-4-10-27(16-18)20-8-11-26(12-9-20)22(29)19-14-24-25-15-19/h1-3,5-6,14-15,18,20H,4,7-13,16H2,(H,23,28)(H,24,25). The highest BCUT2D eigenvalue weighted by molar-refractivity contribution is 5.93. The number of H-pyrrole nitrogens is 1. The monoisotopic (exact) mass is 395 g/mol. The van der Waals surface area contributed by atoms with Crippen LogP contribution in [0.1, 0.15) is 41.6 Å². The Kier molecular flexibility index (Phi) is 6.24. The van der Waals surface area contributed by atoms with E-state index < -0.39 is 0 Å². The van der Waals surface area contributed by atoms with Crippen molar-refractivity contribution in [2.24, 2.45) is 5.92 Å². The molecule has 2 aliphatic heterocycles. The van der Waals surface area contributed by atoms with Crippen molar-refractivity contribution in [2.75, 3.05) is 26.2 Å². The molecule has 0 aliphatic carbocycles. The predicted molar refractivity (Wildman–Crippen MR) is 110 cm³/mol. The van der Waals surface area contributed by atoms with E-state index in [4.69, 9.17) is 0 Å². The van der Waals surface area contributed by atoms with Gasteiger partial charge in [-0.25, -0.2) is 0 Å². The van der Waals surface area contributed by atoms with Crippen LogP contribution in [0.4, 0.5) is 0 Å². The third kappa shape index (κ3) is 4.85. The largest absolute Gasteiger partial charge is 0.352 e. The molecule has 0 bridgehead atoms. The second-order valence-corrected chi connectivity index (χ2v) is 8.05. The summed E-state index contributed by atoms with van der Waals surface area (Å²) < 4.78 is 0. The SMILES string of the molecule is O=C(NCc1ccccc1)C1CCCN(C2CCN(C(=O)c3cn[nH]c3)CC2)C1. The number of aromatic nitrogens is 2. The maximum absolute atomic E-state index is 12.7. The Morgan fingerprint density at radius 1 is 1.10 bits per heavy atom. The zero-order valence-electron chi connectivity index (χ0n) is 16.7. The van der Waals surface area contributed by atoms with Gasteiger partial charge < -0.3 is 10.2 Å². The lowest BCUT2D eigenvalue weighted by Gasteiger charge is -2.42. The fraction of sp³-hybridized carbons (Fsp3) is 0.500. The topological polar surface area (TPSA) is 81.3 Å². The molecule has 3 heterocycles. The van der Waals surface area contributed by atoms with Crippen LogP contribution in [0, 0.1) is 5.92 Å². The molecule has 1 atom stereocenters. The van der Waals surface area contributed by atoms with Crippen molar-refractivity contribution in [2.45, 2.75) is 38.3 Å². The lowest BCUT2D eigenvalue weighted by atomic mass is 9.93. The Labute approximate surface area is 171 Å². The molecule has 1 aromatic heterocycles. The van der Waals surface area contributed by atoms with Gasteiger partial charge in [0.15, 0.2) is 0 Å². The normalized spacial score (nSPS) is 21.1. The van der Waals surface area contributed by atoms with Crippen molar-refractivity contribution in [1.82, 2.24) is 25.3 Å². The van der Waals surface area contributed by atoms with Gasteiger partial charge in [-0.2, -0.15) is 5.10 Å². The fourth-order valence-corrected chi connectivity index (χ4v) is 4.47. The third-order valence-corrected chi connectivity index (χ3v) is 6.15. The Hall–Kier alpha value is -2.67. The molecular formula is C22H29N5O2. The number of carbonyl (C=O) groups is 2. The van der Waals surface area contributed by atoms with Gasteiger partial charge in [-0.3, -0.25) is 19.6 Å². The second-order valence-electron chi connectivity index (χ2n) is 8.05. The molecular weight excluding hydrogens is 366 g/mol. The van der Waals surface area contributed by atoms with E-state index in [0.717, 1.165) is 57.4 Å². The molecule has 2 aliphatic rings. The van der Waals surface area contributed by atoms with Crippen molar-refractivity contribution in [3.05, 3.63) is 53.9 Å². The van der Waals surface area contributed by atoms with Crippen LogP contribution in [0.3, 0.4) is 0 Å². The van der Waals surface area contributed by atoms with Gasteiger partial charge in [-0.05, 0) is 37.8 Å². The number of piperidine rings is 2. The van der Waals surface area contributed by atoms with Gasteiger partial charge >= 0.3 is 0 Å². The lowest BCUT2D eigenvalue weighted by molar-refractivity contribution is -0.127. The smallest absolute Gasteiger partial charge is 0.257 e. The number of rotatable bonds is 5. The van der Waals surface area contributed by atoms with Crippen LogP contribution in [0.2, 0.25) is 0 Å². The molecule has 1 aromatic carbocycles. The summed E-state index contributed by atoms with van der Waals surface area (Å²) in [6.45, 7) is 3.97. The molecule has 0 spiro atoms. The average molecular weight is 396 g/mol. The quantitative estimate of drug-likeness (QED) is 0.812. The Bertz CT molecular complexity index is 800. The summed E-state index contributed by atoms with van der Waals surface area (Å²) in [5, 5.41) is 9.67. The minimum absolute atomic E-state index is 0.0500. The summed E-state index contributed by atoms with van der Waals surface area (Å²) in [5.41, 5.74) is 1.75. The molecule has 2 amide bonds. The number of nitrogens with one attached hydrogen (secondary N) is 2. The first-order chi connectivity index (χ1) is 14.2.